The molecular weight excluding hydrogens is 673 g/mol. The number of carbonyl (C=O) groups is 5. The molecule has 3 rings (SSSR count). The maximum atomic E-state index is 13.0. The van der Waals surface area contributed by atoms with Gasteiger partial charge in [0, 0.05) is 24.5 Å². The van der Waals surface area contributed by atoms with Crippen LogP contribution in [-0.4, -0.2) is 76.4 Å². The van der Waals surface area contributed by atoms with Crippen molar-refractivity contribution in [3.05, 3.63) is 59.7 Å². The molecule has 12 heteroatoms. The average molecular weight is 727 g/mol. The molecule has 0 bridgehead atoms. The summed E-state index contributed by atoms with van der Waals surface area (Å²) in [4.78, 5) is 62.0. The first kappa shape index (κ1) is 41.4. The number of carboxylic acid groups (broad SMARTS) is 1. The Hall–Kier alpha value is -4.06. The van der Waals surface area contributed by atoms with Crippen LogP contribution in [0.3, 0.4) is 0 Å². The van der Waals surface area contributed by atoms with Gasteiger partial charge in [-0.05, 0) is 88.8 Å². The van der Waals surface area contributed by atoms with E-state index in [1.807, 2.05) is 24.3 Å². The highest BCUT2D eigenvalue weighted by Crippen LogP contribution is 2.44. The van der Waals surface area contributed by atoms with Gasteiger partial charge in [0.2, 0.25) is 5.91 Å². The van der Waals surface area contributed by atoms with Gasteiger partial charge in [0.05, 0.1) is 0 Å². The van der Waals surface area contributed by atoms with Crippen LogP contribution in [-0.2, 0) is 33.4 Å². The normalized spacial score (nSPS) is 13.7. The molecule has 2 amide bonds. The number of aliphatic carboxylic acids is 1. The number of rotatable bonds is 19. The van der Waals surface area contributed by atoms with Crippen LogP contribution < -0.4 is 10.6 Å². The average Bonchev–Trinajstić information content (AvgIpc) is 3.36. The Bertz CT molecular complexity index is 1450. The van der Waals surface area contributed by atoms with Crippen molar-refractivity contribution in [1.29, 1.82) is 0 Å². The summed E-state index contributed by atoms with van der Waals surface area (Å²) in [5, 5.41) is 14.4. The molecule has 0 fully saturated rings. The second-order valence-electron chi connectivity index (χ2n) is 14.7. The monoisotopic (exact) mass is 726 g/mol. The van der Waals surface area contributed by atoms with Crippen LogP contribution >= 0.6 is 11.8 Å². The number of alkyl carbamates (subject to hydrolysis) is 1. The number of carboxylic acids is 1. The van der Waals surface area contributed by atoms with E-state index in [-0.39, 0.29) is 37.7 Å². The molecule has 2 aromatic carbocycles. The summed E-state index contributed by atoms with van der Waals surface area (Å²) in [5.41, 5.74) is 3.01. The van der Waals surface area contributed by atoms with Crippen LogP contribution in [0.2, 0.25) is 0 Å². The fourth-order valence-corrected chi connectivity index (χ4v) is 6.73. The Morgan fingerprint density at radius 1 is 0.725 bits per heavy atom. The molecule has 3 N–H and O–H groups in total. The van der Waals surface area contributed by atoms with Crippen LogP contribution in [0, 0.1) is 0 Å². The van der Waals surface area contributed by atoms with Crippen molar-refractivity contribution in [2.45, 2.75) is 122 Å². The van der Waals surface area contributed by atoms with Gasteiger partial charge in [0.1, 0.15) is 29.9 Å². The van der Waals surface area contributed by atoms with Crippen LogP contribution in [0.5, 0.6) is 0 Å². The number of hydrogen-bond donors (Lipinski definition) is 3. The Morgan fingerprint density at radius 3 is 1.82 bits per heavy atom. The first-order chi connectivity index (χ1) is 24.0. The van der Waals surface area contributed by atoms with Gasteiger partial charge in [-0.1, -0.05) is 67.8 Å². The van der Waals surface area contributed by atoms with Crippen molar-refractivity contribution < 1.29 is 43.3 Å². The van der Waals surface area contributed by atoms with Gasteiger partial charge in [0.25, 0.3) is 0 Å². The molecule has 0 saturated heterocycles. The highest BCUT2D eigenvalue weighted by molar-refractivity contribution is 7.99. The maximum Gasteiger partial charge on any atom is 0.407 e. The van der Waals surface area contributed by atoms with Gasteiger partial charge < -0.3 is 30.0 Å². The summed E-state index contributed by atoms with van der Waals surface area (Å²) < 4.78 is 16.6. The van der Waals surface area contributed by atoms with E-state index < -0.39 is 47.3 Å². The van der Waals surface area contributed by atoms with Gasteiger partial charge in [-0.25, -0.2) is 14.4 Å². The number of fused-ring (bicyclic) bond motifs is 3. The van der Waals surface area contributed by atoms with Crippen molar-refractivity contribution >= 4 is 41.7 Å². The Labute approximate surface area is 306 Å². The van der Waals surface area contributed by atoms with E-state index in [2.05, 4.69) is 34.9 Å². The topological polar surface area (TPSA) is 157 Å². The minimum absolute atomic E-state index is 0.0380. The third-order valence-electron chi connectivity index (χ3n) is 7.98. The molecule has 1 aliphatic rings. The van der Waals surface area contributed by atoms with E-state index in [1.165, 1.54) is 0 Å². The van der Waals surface area contributed by atoms with E-state index in [0.717, 1.165) is 53.7 Å². The zero-order valence-electron chi connectivity index (χ0n) is 30.8. The third-order valence-corrected chi connectivity index (χ3v) is 9.12. The molecule has 0 spiro atoms. The first-order valence-electron chi connectivity index (χ1n) is 17.7. The number of nitrogens with one attached hydrogen (secondary N) is 2. The van der Waals surface area contributed by atoms with Crippen molar-refractivity contribution in [1.82, 2.24) is 10.6 Å². The molecule has 0 saturated carbocycles. The minimum atomic E-state index is -1.05. The summed E-state index contributed by atoms with van der Waals surface area (Å²) in [6, 6.07) is 14.3. The smallest absolute Gasteiger partial charge is 0.407 e. The SMILES string of the molecule is CC(C)(C)OC(=O)C(CCC(=O)O)NC(=O)CCCCCCCSCC(NC(=O)OCC1c2ccccc2-c2ccccc21)C(=O)OC(C)(C)C. The van der Waals surface area contributed by atoms with E-state index in [1.54, 1.807) is 53.3 Å². The second kappa shape index (κ2) is 19.5. The Morgan fingerprint density at radius 2 is 1.25 bits per heavy atom. The fraction of sp³-hybridized carbons (Fsp3) is 0.564. The highest BCUT2D eigenvalue weighted by Gasteiger charge is 2.31. The van der Waals surface area contributed by atoms with E-state index >= 15 is 0 Å². The second-order valence-corrected chi connectivity index (χ2v) is 15.9. The Balaban J connectivity index is 1.39. The highest BCUT2D eigenvalue weighted by atomic mass is 32.2. The predicted molar refractivity (Wildman–Crippen MR) is 198 cm³/mol. The molecule has 0 radical (unpaired) electrons. The molecule has 2 atom stereocenters. The Kier molecular flexibility index (Phi) is 15.8. The lowest BCUT2D eigenvalue weighted by atomic mass is 9.98. The lowest BCUT2D eigenvalue weighted by Gasteiger charge is -2.24. The quantitative estimate of drug-likeness (QED) is 0.0782. The molecule has 11 nitrogen and oxygen atoms in total. The lowest BCUT2D eigenvalue weighted by Crippen LogP contribution is -2.46. The van der Waals surface area contributed by atoms with Gasteiger partial charge in [0.15, 0.2) is 0 Å². The van der Waals surface area contributed by atoms with Gasteiger partial charge in [-0.2, -0.15) is 11.8 Å². The third kappa shape index (κ3) is 14.6. The first-order valence-corrected chi connectivity index (χ1v) is 18.9. The van der Waals surface area contributed by atoms with E-state index in [4.69, 9.17) is 19.3 Å². The zero-order chi connectivity index (χ0) is 37.6. The molecular formula is C39H54N2O9S. The number of benzene rings is 2. The summed E-state index contributed by atoms with van der Waals surface area (Å²) >= 11 is 1.55. The number of carbonyl (C=O) groups excluding carboxylic acids is 4. The molecule has 2 unspecified atom stereocenters. The summed E-state index contributed by atoms with van der Waals surface area (Å²) in [5.74, 6) is -1.51. The lowest BCUT2D eigenvalue weighted by molar-refractivity contribution is -0.159. The van der Waals surface area contributed by atoms with Crippen molar-refractivity contribution in [2.24, 2.45) is 0 Å². The molecule has 0 aliphatic heterocycles. The molecule has 280 valence electrons. The number of hydrogen-bond acceptors (Lipinski definition) is 9. The van der Waals surface area contributed by atoms with Crippen molar-refractivity contribution in [3.8, 4) is 11.1 Å². The number of unbranched alkanes of at least 4 members (excludes halogenated alkanes) is 4. The van der Waals surface area contributed by atoms with Crippen molar-refractivity contribution in [2.75, 3.05) is 18.1 Å². The minimum Gasteiger partial charge on any atom is -0.481 e. The number of ether oxygens (including phenoxy) is 3. The molecule has 51 heavy (non-hydrogen) atoms. The predicted octanol–water partition coefficient (Wildman–Crippen LogP) is 7.00. The molecule has 2 aromatic rings. The van der Waals surface area contributed by atoms with Crippen LogP contribution in [0.1, 0.15) is 110 Å². The fourth-order valence-electron chi connectivity index (χ4n) is 5.70. The maximum absolute atomic E-state index is 13.0. The summed E-state index contributed by atoms with van der Waals surface area (Å²) in [6.45, 7) is 10.6. The summed E-state index contributed by atoms with van der Waals surface area (Å²) in [6.07, 6.45) is 3.41. The number of thioether (sulfide) groups is 1. The van der Waals surface area contributed by atoms with Gasteiger partial charge in [-0.3, -0.25) is 9.59 Å². The van der Waals surface area contributed by atoms with Crippen LogP contribution in [0.4, 0.5) is 4.79 Å². The standard InChI is InChI=1S/C39H54N2O9S/c1-38(2,3)49-35(45)31(21-22-34(43)44)40-33(42)20-10-8-7-9-15-23-51-25-32(36(46)50-39(4,5)6)41-37(47)48-24-30-28-18-13-11-16-26(28)27-17-12-14-19-29(27)30/h11-14,16-19,30-32H,7-10,15,20-25H2,1-6H3,(H,40,42)(H,41,47)(H,43,44). The number of esters is 2. The van der Waals surface area contributed by atoms with Gasteiger partial charge >= 0.3 is 24.0 Å². The van der Waals surface area contributed by atoms with E-state index in [9.17, 15) is 24.0 Å². The summed E-state index contributed by atoms with van der Waals surface area (Å²) in [7, 11) is 0. The van der Waals surface area contributed by atoms with Gasteiger partial charge in [-0.15, -0.1) is 0 Å². The van der Waals surface area contributed by atoms with Crippen LogP contribution in [0.15, 0.2) is 48.5 Å². The molecule has 0 aromatic heterocycles. The molecule has 1 aliphatic carbocycles. The molecule has 0 heterocycles. The zero-order valence-corrected chi connectivity index (χ0v) is 31.6. The van der Waals surface area contributed by atoms with Crippen molar-refractivity contribution in [3.63, 3.8) is 0 Å². The largest absolute Gasteiger partial charge is 0.481 e. The van der Waals surface area contributed by atoms with E-state index in [0.29, 0.717) is 12.2 Å². The number of amides is 2. The van der Waals surface area contributed by atoms with Crippen LogP contribution in [0.25, 0.3) is 11.1 Å².